The van der Waals surface area contributed by atoms with E-state index in [-0.39, 0.29) is 36.5 Å². The number of methoxy groups -OCH3 is 1. The number of aryl methyl sites for hydroxylation is 1. The van der Waals surface area contributed by atoms with Crippen molar-refractivity contribution in [2.24, 2.45) is 0 Å². The van der Waals surface area contributed by atoms with Crippen LogP contribution in [-0.2, 0) is 16.1 Å². The molecule has 2 N–H and O–H groups in total. The van der Waals surface area contributed by atoms with Crippen molar-refractivity contribution in [3.8, 4) is 5.75 Å². The molecule has 0 spiro atoms. The van der Waals surface area contributed by atoms with Crippen molar-refractivity contribution in [1.29, 1.82) is 0 Å². The number of pyridine rings is 1. The molecule has 240 valence electrons. The molecule has 2 heterocycles. The molecule has 11 nitrogen and oxygen atoms in total. The molecular weight excluding hydrogens is 711 g/mol. The lowest BCUT2D eigenvalue weighted by molar-refractivity contribution is -0.117. The Labute approximate surface area is 285 Å². The molecule has 0 bridgehead atoms. The Morgan fingerprint density at radius 1 is 1.09 bits per heavy atom. The van der Waals surface area contributed by atoms with Gasteiger partial charge in [0.2, 0.25) is 5.91 Å². The van der Waals surface area contributed by atoms with Gasteiger partial charge in [0.25, 0.3) is 5.91 Å². The highest BCUT2D eigenvalue weighted by molar-refractivity contribution is 9.10. The van der Waals surface area contributed by atoms with Crippen molar-refractivity contribution in [2.45, 2.75) is 13.5 Å². The number of anilines is 2. The number of hydrogen-bond acceptors (Lipinski definition) is 6. The van der Waals surface area contributed by atoms with Gasteiger partial charge in [0.15, 0.2) is 11.4 Å². The van der Waals surface area contributed by atoms with Crippen LogP contribution in [0.15, 0.2) is 59.3 Å². The number of fused-ring (bicyclic) bond motifs is 1. The molecule has 0 aliphatic rings. The number of benzene rings is 2. The van der Waals surface area contributed by atoms with E-state index >= 15 is 0 Å². The molecule has 2 aromatic carbocycles. The molecule has 0 fully saturated rings. The number of ether oxygens (including phenoxy) is 2. The maximum absolute atomic E-state index is 13.0. The maximum Gasteiger partial charge on any atom is 0.319 e. The molecule has 0 saturated heterocycles. The van der Waals surface area contributed by atoms with Crippen LogP contribution in [0.2, 0.25) is 10.0 Å². The Morgan fingerprint density at radius 2 is 1.84 bits per heavy atom. The highest BCUT2D eigenvalue weighted by Gasteiger charge is 2.20. The first kappa shape index (κ1) is 35.9. The Kier molecular flexibility index (Phi) is 12.9. The van der Waals surface area contributed by atoms with Gasteiger partial charge in [-0.1, -0.05) is 29.3 Å². The van der Waals surface area contributed by atoms with Crippen LogP contribution < -0.4 is 20.3 Å². The van der Waals surface area contributed by atoms with Gasteiger partial charge in [0.1, 0.15) is 11.2 Å². The molecule has 15 heteroatoms. The lowest BCUT2D eigenvalue weighted by Gasteiger charge is -2.21. The zero-order valence-electron chi connectivity index (χ0n) is 24.9. The Balaban J connectivity index is 0.00000552. The van der Waals surface area contributed by atoms with Gasteiger partial charge in [-0.3, -0.25) is 14.0 Å². The van der Waals surface area contributed by atoms with Crippen molar-refractivity contribution in [2.75, 3.05) is 51.1 Å². The second kappa shape index (κ2) is 16.1. The molecule has 45 heavy (non-hydrogen) atoms. The molecule has 2 aromatic heterocycles. The summed E-state index contributed by atoms with van der Waals surface area (Å²) in [4.78, 5) is 45.6. The minimum atomic E-state index is -0.615. The van der Waals surface area contributed by atoms with Crippen molar-refractivity contribution in [1.82, 2.24) is 19.6 Å². The SMILES string of the molecule is COCCN(C)C(=O)c1cccc(NC(=O)NCC(=O)N(C)c2ccc(Cl)c(COc3cccn4c(Br)c(C)nc34)c2Cl)c1.Cl. The fraction of sp³-hybridized carbons (Fsp3) is 0.267. The molecule has 0 saturated carbocycles. The quantitative estimate of drug-likeness (QED) is 0.189. The van der Waals surface area contributed by atoms with Crippen molar-refractivity contribution < 1.29 is 23.9 Å². The molecule has 0 radical (unpaired) electrons. The third-order valence-corrected chi connectivity index (χ3v) is 8.46. The lowest BCUT2D eigenvalue weighted by Crippen LogP contribution is -2.40. The highest BCUT2D eigenvalue weighted by atomic mass is 79.9. The Morgan fingerprint density at radius 3 is 2.58 bits per heavy atom. The third-order valence-electron chi connectivity index (χ3n) is 6.73. The van der Waals surface area contributed by atoms with E-state index in [2.05, 4.69) is 31.5 Å². The molecule has 0 unspecified atom stereocenters. The van der Waals surface area contributed by atoms with Crippen molar-refractivity contribution in [3.63, 3.8) is 0 Å². The summed E-state index contributed by atoms with van der Waals surface area (Å²) in [5.41, 5.74) is 3.12. The van der Waals surface area contributed by atoms with E-state index in [1.807, 2.05) is 23.6 Å². The van der Waals surface area contributed by atoms with E-state index in [9.17, 15) is 14.4 Å². The van der Waals surface area contributed by atoms with E-state index in [0.29, 0.717) is 52.1 Å². The third kappa shape index (κ3) is 8.59. The molecule has 4 amide bonds. The summed E-state index contributed by atoms with van der Waals surface area (Å²) in [5.74, 6) is -0.108. The van der Waals surface area contributed by atoms with Gasteiger partial charge in [-0.15, -0.1) is 12.4 Å². The predicted octanol–water partition coefficient (Wildman–Crippen LogP) is 6.22. The number of halogens is 4. The predicted molar refractivity (Wildman–Crippen MR) is 181 cm³/mol. The zero-order chi connectivity index (χ0) is 32.0. The van der Waals surface area contributed by atoms with Crippen LogP contribution in [-0.4, -0.2) is 73.0 Å². The number of aromatic nitrogens is 2. The Bertz CT molecular complexity index is 1700. The molecule has 0 atom stereocenters. The van der Waals surface area contributed by atoms with Crippen LogP contribution in [0.1, 0.15) is 21.6 Å². The first-order chi connectivity index (χ1) is 21.0. The van der Waals surface area contributed by atoms with Crippen LogP contribution in [0.25, 0.3) is 5.65 Å². The fourth-order valence-corrected chi connectivity index (χ4v) is 5.21. The van der Waals surface area contributed by atoms with Crippen LogP contribution in [0.4, 0.5) is 16.2 Å². The standard InChI is InChI=1S/C30H31BrCl2N6O5.ClH/c1-18-27(31)39-12-6-9-24(28(39)35-18)44-17-21-22(32)10-11-23(26(21)33)38(3)25(40)16-34-30(42)36-20-8-5-7-19(15-20)29(41)37(2)13-14-43-4;/h5-12,15H,13-14,16-17H2,1-4H3,(H2,34,36,42);1H. The number of carbonyl (C=O) groups excluding carboxylic acids is 3. The number of carbonyl (C=O) groups is 3. The number of rotatable bonds is 11. The summed E-state index contributed by atoms with van der Waals surface area (Å²) in [6.45, 7) is 2.43. The average molecular weight is 743 g/mol. The van der Waals surface area contributed by atoms with E-state index in [0.717, 1.165) is 10.3 Å². The van der Waals surface area contributed by atoms with Crippen LogP contribution >= 0.6 is 51.5 Å². The Hall–Kier alpha value is -3.55. The number of likely N-dealkylation sites (N-methyl/N-ethyl adjacent to an activating group) is 2. The van der Waals surface area contributed by atoms with Crippen LogP contribution in [0, 0.1) is 6.92 Å². The van der Waals surface area contributed by atoms with Crippen LogP contribution in [0.5, 0.6) is 5.75 Å². The van der Waals surface area contributed by atoms with Gasteiger partial charge in [-0.25, -0.2) is 9.78 Å². The molecular formula is C30H32BrCl3N6O5. The molecule has 4 rings (SSSR count). The van der Waals surface area contributed by atoms with Crippen molar-refractivity contribution in [3.05, 3.63) is 86.2 Å². The van der Waals surface area contributed by atoms with Gasteiger partial charge >= 0.3 is 6.03 Å². The maximum atomic E-state index is 13.0. The molecule has 0 aliphatic carbocycles. The normalized spacial score (nSPS) is 10.6. The average Bonchev–Trinajstić information content (AvgIpc) is 3.31. The number of imidazole rings is 1. The minimum absolute atomic E-state index is 0. The second-order valence-corrected chi connectivity index (χ2v) is 11.3. The summed E-state index contributed by atoms with van der Waals surface area (Å²) in [7, 11) is 4.77. The van der Waals surface area contributed by atoms with Gasteiger partial charge in [0, 0.05) is 55.8 Å². The van der Waals surface area contributed by atoms with Gasteiger partial charge in [-0.05, 0) is 65.3 Å². The monoisotopic (exact) mass is 740 g/mol. The number of urea groups is 1. The number of hydrogen-bond donors (Lipinski definition) is 2. The van der Waals surface area contributed by atoms with Crippen LogP contribution in [0.3, 0.4) is 0 Å². The second-order valence-electron chi connectivity index (χ2n) is 9.76. The first-order valence-electron chi connectivity index (χ1n) is 13.4. The van der Waals surface area contributed by atoms with Gasteiger partial charge < -0.3 is 29.9 Å². The largest absolute Gasteiger partial charge is 0.485 e. The first-order valence-corrected chi connectivity index (χ1v) is 15.0. The lowest BCUT2D eigenvalue weighted by atomic mass is 10.2. The van der Waals surface area contributed by atoms with E-state index in [1.165, 1.54) is 9.80 Å². The summed E-state index contributed by atoms with van der Waals surface area (Å²) >= 11 is 16.7. The summed E-state index contributed by atoms with van der Waals surface area (Å²) in [6.07, 6.45) is 1.87. The summed E-state index contributed by atoms with van der Waals surface area (Å²) < 4.78 is 13.7. The number of amides is 4. The highest BCUT2D eigenvalue weighted by Crippen LogP contribution is 2.35. The molecule has 0 aliphatic heterocycles. The van der Waals surface area contributed by atoms with Crippen molar-refractivity contribution >= 4 is 86.4 Å². The number of nitrogens with one attached hydrogen (secondary N) is 2. The topological polar surface area (TPSA) is 118 Å². The van der Waals surface area contributed by atoms with E-state index < -0.39 is 11.9 Å². The fourth-order valence-electron chi connectivity index (χ4n) is 4.23. The summed E-state index contributed by atoms with van der Waals surface area (Å²) in [5, 5.41) is 5.79. The van der Waals surface area contributed by atoms with E-state index in [4.69, 9.17) is 32.7 Å². The van der Waals surface area contributed by atoms with Gasteiger partial charge in [-0.2, -0.15) is 0 Å². The summed E-state index contributed by atoms with van der Waals surface area (Å²) in [6, 6.07) is 12.8. The molecule has 4 aromatic rings. The van der Waals surface area contributed by atoms with E-state index in [1.54, 1.807) is 63.7 Å². The van der Waals surface area contributed by atoms with Gasteiger partial charge in [0.05, 0.1) is 29.6 Å². The number of nitrogens with zero attached hydrogens (tertiary/aromatic N) is 4. The zero-order valence-corrected chi connectivity index (χ0v) is 28.8. The minimum Gasteiger partial charge on any atom is -0.485 e. The smallest absolute Gasteiger partial charge is 0.319 e.